The highest BCUT2D eigenvalue weighted by atomic mass is 28.4. The van der Waals surface area contributed by atoms with E-state index in [0.717, 1.165) is 37.0 Å². The molecular weight excluding hydrogens is 340 g/mol. The summed E-state index contributed by atoms with van der Waals surface area (Å²) in [7, 11) is -0.304. The highest BCUT2D eigenvalue weighted by molar-refractivity contribution is 6.74. The minimum atomic E-state index is -1.91. The fourth-order valence-corrected chi connectivity index (χ4v) is 4.46. The lowest BCUT2D eigenvalue weighted by Gasteiger charge is -2.41. The van der Waals surface area contributed by atoms with E-state index < -0.39 is 13.7 Å². The van der Waals surface area contributed by atoms with E-state index in [9.17, 15) is 4.79 Å². The van der Waals surface area contributed by atoms with Gasteiger partial charge in [0.1, 0.15) is 0 Å². The number of ether oxygens (including phenoxy) is 1. The lowest BCUT2D eigenvalue weighted by molar-refractivity contribution is -0.125. The van der Waals surface area contributed by atoms with Gasteiger partial charge in [-0.15, -0.1) is 12.3 Å². The molecule has 0 saturated carbocycles. The van der Waals surface area contributed by atoms with Crippen LogP contribution in [0, 0.1) is 17.8 Å². The lowest BCUT2D eigenvalue weighted by atomic mass is 9.69. The molecule has 4 heteroatoms. The minimum absolute atomic E-state index is 0.0360. The first-order chi connectivity index (χ1) is 11.9. The van der Waals surface area contributed by atoms with E-state index >= 15 is 0 Å². The van der Waals surface area contributed by atoms with Gasteiger partial charge in [0.2, 0.25) is 0 Å². The van der Waals surface area contributed by atoms with Crippen LogP contribution in [-0.4, -0.2) is 27.3 Å². The van der Waals surface area contributed by atoms with Crippen LogP contribution in [0.3, 0.4) is 0 Å². The second kappa shape index (κ2) is 8.58. The largest absolute Gasteiger partial charge is 0.501 e. The molecule has 0 aliphatic heterocycles. The molecule has 0 bridgehead atoms. The van der Waals surface area contributed by atoms with Gasteiger partial charge in [0.05, 0.1) is 19.0 Å². The van der Waals surface area contributed by atoms with Crippen molar-refractivity contribution in [3.63, 3.8) is 0 Å². The van der Waals surface area contributed by atoms with Crippen LogP contribution in [0.25, 0.3) is 0 Å². The Morgan fingerprint density at radius 2 is 2.08 bits per heavy atom. The van der Waals surface area contributed by atoms with E-state index in [2.05, 4.69) is 46.4 Å². The summed E-state index contributed by atoms with van der Waals surface area (Å²) in [5, 5.41) is 0.133. The van der Waals surface area contributed by atoms with Crippen molar-refractivity contribution in [2.24, 2.45) is 5.41 Å². The van der Waals surface area contributed by atoms with Crippen LogP contribution in [0.15, 0.2) is 24.0 Å². The molecule has 2 atom stereocenters. The number of carbonyl (C=O) groups is 1. The van der Waals surface area contributed by atoms with Gasteiger partial charge < -0.3 is 9.16 Å². The first-order valence-electron chi connectivity index (χ1n) is 9.44. The zero-order valence-electron chi connectivity index (χ0n) is 17.7. The number of hydrogen-bond acceptors (Lipinski definition) is 3. The number of methoxy groups -OCH3 is 1. The highest BCUT2D eigenvalue weighted by Crippen LogP contribution is 2.42. The number of carbonyl (C=O) groups excluding carboxylic acids is 1. The summed E-state index contributed by atoms with van der Waals surface area (Å²) in [5.41, 5.74) is 0.517. The molecule has 0 N–H and O–H groups in total. The van der Waals surface area contributed by atoms with Gasteiger partial charge >= 0.3 is 0 Å². The normalized spacial score (nSPS) is 22.4. The number of ketones is 1. The first-order valence-corrected chi connectivity index (χ1v) is 12.3. The molecule has 1 aliphatic rings. The molecule has 1 aliphatic carbocycles. The van der Waals surface area contributed by atoms with Crippen molar-refractivity contribution in [1.29, 1.82) is 0 Å². The van der Waals surface area contributed by atoms with Gasteiger partial charge in [-0.05, 0) is 44.3 Å². The van der Waals surface area contributed by atoms with E-state index in [1.807, 2.05) is 6.92 Å². The molecular formula is C22H36O3Si. The van der Waals surface area contributed by atoms with Crippen molar-refractivity contribution in [2.45, 2.75) is 84.0 Å². The molecule has 0 aromatic rings. The molecule has 0 heterocycles. The summed E-state index contributed by atoms with van der Waals surface area (Å²) in [6, 6.07) is 0. The standard InChI is InChI=1S/C22H36O3Si/c1-10-13-22(14-11-18(24-7)16-20(22)23)15-12-19(17(2)3)25-26(8,9)21(4,5)6/h1,16,19H,2,11-15H2,3-9H3. The predicted molar refractivity (Wildman–Crippen MR) is 111 cm³/mol. The zero-order chi connectivity index (χ0) is 20.2. The highest BCUT2D eigenvalue weighted by Gasteiger charge is 2.42. The van der Waals surface area contributed by atoms with Crippen LogP contribution in [0.4, 0.5) is 0 Å². The molecule has 0 radical (unpaired) electrons. The molecule has 0 amide bonds. The summed E-state index contributed by atoms with van der Waals surface area (Å²) < 4.78 is 11.8. The van der Waals surface area contributed by atoms with E-state index in [1.54, 1.807) is 13.2 Å². The fourth-order valence-electron chi connectivity index (χ4n) is 3.07. The Balaban J connectivity index is 2.96. The number of hydrogen-bond donors (Lipinski definition) is 0. The van der Waals surface area contributed by atoms with E-state index in [1.165, 1.54) is 0 Å². The van der Waals surface area contributed by atoms with Crippen LogP contribution in [0.1, 0.15) is 59.8 Å². The predicted octanol–water partition coefficient (Wildman–Crippen LogP) is 5.64. The summed E-state index contributed by atoms with van der Waals surface area (Å²) in [6.45, 7) is 17.3. The fraction of sp³-hybridized carbons (Fsp3) is 0.682. The molecule has 146 valence electrons. The quantitative estimate of drug-likeness (QED) is 0.312. The molecule has 0 aromatic heterocycles. The van der Waals surface area contributed by atoms with Crippen LogP contribution in [-0.2, 0) is 14.0 Å². The molecule has 0 aromatic carbocycles. The molecule has 0 fully saturated rings. The van der Waals surface area contributed by atoms with Gasteiger partial charge in [0.15, 0.2) is 14.1 Å². The van der Waals surface area contributed by atoms with Crippen molar-refractivity contribution < 1.29 is 14.0 Å². The SMILES string of the molecule is C#CCC1(CCC(O[Si](C)(C)C(C)(C)C)C(=C)C)CCC(OC)=CC1=O. The zero-order valence-corrected chi connectivity index (χ0v) is 18.7. The molecule has 3 nitrogen and oxygen atoms in total. The Labute approximate surface area is 161 Å². The van der Waals surface area contributed by atoms with E-state index in [0.29, 0.717) is 6.42 Å². The Morgan fingerprint density at radius 3 is 2.50 bits per heavy atom. The first kappa shape index (κ1) is 22.7. The van der Waals surface area contributed by atoms with Gasteiger partial charge in [-0.1, -0.05) is 32.9 Å². The minimum Gasteiger partial charge on any atom is -0.501 e. The molecule has 1 rings (SSSR count). The third-order valence-electron chi connectivity index (χ3n) is 6.05. The van der Waals surface area contributed by atoms with E-state index in [-0.39, 0.29) is 16.9 Å². The number of rotatable bonds is 8. The van der Waals surface area contributed by atoms with E-state index in [4.69, 9.17) is 15.6 Å². The van der Waals surface area contributed by atoms with Gasteiger partial charge in [-0.3, -0.25) is 4.79 Å². The Bertz CT molecular complexity index is 604. The van der Waals surface area contributed by atoms with Crippen molar-refractivity contribution in [3.8, 4) is 12.3 Å². The lowest BCUT2D eigenvalue weighted by Crippen LogP contribution is -2.44. The Kier molecular flexibility index (Phi) is 7.50. The number of terminal acetylenes is 1. The summed E-state index contributed by atoms with van der Waals surface area (Å²) in [6.07, 6.45) is 10.6. The molecule has 26 heavy (non-hydrogen) atoms. The van der Waals surface area contributed by atoms with Crippen LogP contribution >= 0.6 is 0 Å². The van der Waals surface area contributed by atoms with Crippen molar-refractivity contribution in [2.75, 3.05) is 7.11 Å². The molecule has 0 spiro atoms. The van der Waals surface area contributed by atoms with Gasteiger partial charge in [-0.2, -0.15) is 0 Å². The Hall–Kier alpha value is -1.31. The summed E-state index contributed by atoms with van der Waals surface area (Å²) in [5.74, 6) is 3.56. The third-order valence-corrected chi connectivity index (χ3v) is 10.5. The molecule has 0 saturated heterocycles. The second-order valence-electron chi connectivity index (χ2n) is 9.09. The molecule has 2 unspecified atom stereocenters. The smallest absolute Gasteiger partial charge is 0.192 e. The third kappa shape index (κ3) is 5.34. The maximum atomic E-state index is 12.8. The maximum Gasteiger partial charge on any atom is 0.192 e. The summed E-state index contributed by atoms with van der Waals surface area (Å²) in [4.78, 5) is 12.8. The van der Waals surface area contributed by atoms with Crippen LogP contribution in [0.2, 0.25) is 18.1 Å². The van der Waals surface area contributed by atoms with Gasteiger partial charge in [0, 0.05) is 24.3 Å². The summed E-state index contributed by atoms with van der Waals surface area (Å²) >= 11 is 0. The topological polar surface area (TPSA) is 35.5 Å². The Morgan fingerprint density at radius 1 is 1.46 bits per heavy atom. The maximum absolute atomic E-state index is 12.8. The van der Waals surface area contributed by atoms with Gasteiger partial charge in [0.25, 0.3) is 0 Å². The second-order valence-corrected chi connectivity index (χ2v) is 13.8. The van der Waals surface area contributed by atoms with Crippen molar-refractivity contribution >= 4 is 14.1 Å². The van der Waals surface area contributed by atoms with Crippen LogP contribution in [0.5, 0.6) is 0 Å². The number of allylic oxidation sites excluding steroid dienone is 2. The van der Waals surface area contributed by atoms with Crippen LogP contribution < -0.4 is 0 Å². The average Bonchev–Trinajstić information content (AvgIpc) is 2.52. The van der Waals surface area contributed by atoms with Gasteiger partial charge in [-0.25, -0.2) is 0 Å². The monoisotopic (exact) mass is 376 g/mol. The van der Waals surface area contributed by atoms with Crippen molar-refractivity contribution in [3.05, 3.63) is 24.0 Å². The van der Waals surface area contributed by atoms with Crippen molar-refractivity contribution in [1.82, 2.24) is 0 Å². The average molecular weight is 377 g/mol.